The Morgan fingerprint density at radius 3 is 2.56 bits per heavy atom. The number of halogens is 1. The molecule has 0 unspecified atom stereocenters. The van der Waals surface area contributed by atoms with Crippen LogP contribution in [0.25, 0.3) is 0 Å². The number of benzene rings is 2. The maximum atomic E-state index is 12.3. The van der Waals surface area contributed by atoms with E-state index in [2.05, 4.69) is 15.6 Å². The number of aromatic nitrogens is 1. The van der Waals surface area contributed by atoms with E-state index in [4.69, 9.17) is 21.1 Å². The van der Waals surface area contributed by atoms with E-state index in [0.717, 1.165) is 22.7 Å². The molecule has 1 aliphatic heterocycles. The molecule has 0 fully saturated rings. The van der Waals surface area contributed by atoms with Crippen molar-refractivity contribution in [2.75, 3.05) is 12.1 Å². The molecule has 0 aliphatic carbocycles. The van der Waals surface area contributed by atoms with Crippen molar-refractivity contribution in [2.24, 2.45) is 0 Å². The highest BCUT2D eigenvalue weighted by Crippen LogP contribution is 2.32. The van der Waals surface area contributed by atoms with Gasteiger partial charge in [-0.2, -0.15) is 0 Å². The van der Waals surface area contributed by atoms with Gasteiger partial charge in [-0.25, -0.2) is 4.98 Å². The molecule has 6 nitrogen and oxygen atoms in total. The monoisotopic (exact) mass is 381 g/mol. The van der Waals surface area contributed by atoms with Gasteiger partial charge in [0.2, 0.25) is 6.79 Å². The van der Waals surface area contributed by atoms with Crippen molar-refractivity contribution in [3.8, 4) is 11.5 Å². The molecule has 7 heteroatoms. The molecule has 0 spiro atoms. The lowest BCUT2D eigenvalue weighted by Gasteiger charge is -2.08. The molecule has 4 rings (SSSR count). The number of nitrogens with zero attached hydrogens (tertiary/aromatic N) is 1. The van der Waals surface area contributed by atoms with Crippen molar-refractivity contribution < 1.29 is 14.3 Å². The third-order valence-corrected chi connectivity index (χ3v) is 4.27. The molecule has 2 heterocycles. The minimum absolute atomic E-state index is 0.228. The Kier molecular flexibility index (Phi) is 4.80. The summed E-state index contributed by atoms with van der Waals surface area (Å²) in [5, 5.41) is 6.72. The Labute approximate surface area is 161 Å². The second kappa shape index (κ2) is 7.55. The number of ether oxygens (including phenoxy) is 2. The van der Waals surface area contributed by atoms with Gasteiger partial charge < -0.3 is 20.1 Å². The Morgan fingerprint density at radius 2 is 1.78 bits per heavy atom. The molecule has 3 aromatic rings. The van der Waals surface area contributed by atoms with E-state index in [0.29, 0.717) is 23.0 Å². The van der Waals surface area contributed by atoms with Gasteiger partial charge in [-0.3, -0.25) is 4.79 Å². The molecule has 1 amide bonds. The number of fused-ring (bicyclic) bond motifs is 1. The van der Waals surface area contributed by atoms with Crippen LogP contribution in [-0.2, 0) is 6.54 Å². The molecule has 1 aromatic heterocycles. The number of hydrogen-bond acceptors (Lipinski definition) is 5. The largest absolute Gasteiger partial charge is 0.454 e. The van der Waals surface area contributed by atoms with Gasteiger partial charge in [-0.15, -0.1) is 0 Å². The molecule has 2 N–H and O–H groups in total. The van der Waals surface area contributed by atoms with Crippen molar-refractivity contribution in [1.82, 2.24) is 10.3 Å². The van der Waals surface area contributed by atoms with E-state index >= 15 is 0 Å². The van der Waals surface area contributed by atoms with Crippen molar-refractivity contribution in [3.05, 3.63) is 77.1 Å². The van der Waals surface area contributed by atoms with Crippen LogP contribution in [0.15, 0.2) is 60.8 Å². The van der Waals surface area contributed by atoms with Crippen LogP contribution in [0.3, 0.4) is 0 Å². The molecule has 27 heavy (non-hydrogen) atoms. The van der Waals surface area contributed by atoms with E-state index in [-0.39, 0.29) is 12.7 Å². The van der Waals surface area contributed by atoms with Crippen molar-refractivity contribution in [3.63, 3.8) is 0 Å². The minimum Gasteiger partial charge on any atom is -0.454 e. The molecular formula is C20H16ClN3O3. The number of hydrogen-bond donors (Lipinski definition) is 2. The number of nitrogens with one attached hydrogen (secondary N) is 2. The van der Waals surface area contributed by atoms with Gasteiger partial charge in [-0.1, -0.05) is 17.7 Å². The molecule has 0 radical (unpaired) electrons. The van der Waals surface area contributed by atoms with Gasteiger partial charge in [0.05, 0.1) is 11.9 Å². The Bertz CT molecular complexity index is 959. The van der Waals surface area contributed by atoms with Crippen molar-refractivity contribution in [1.29, 1.82) is 0 Å². The Balaban J connectivity index is 1.35. The Morgan fingerprint density at radius 1 is 1.00 bits per heavy atom. The van der Waals surface area contributed by atoms with Crippen LogP contribution in [0.5, 0.6) is 11.5 Å². The summed E-state index contributed by atoms with van der Waals surface area (Å²) < 4.78 is 10.6. The topological polar surface area (TPSA) is 72.5 Å². The zero-order chi connectivity index (χ0) is 18.6. The number of carbonyl (C=O) groups excluding carboxylic acids is 1. The van der Waals surface area contributed by atoms with Crippen LogP contribution in [0.2, 0.25) is 5.02 Å². The van der Waals surface area contributed by atoms with E-state index in [1.807, 2.05) is 30.3 Å². The number of carbonyl (C=O) groups is 1. The van der Waals surface area contributed by atoms with Crippen LogP contribution < -0.4 is 20.1 Å². The summed E-state index contributed by atoms with van der Waals surface area (Å²) in [7, 11) is 0. The first-order valence-corrected chi connectivity index (χ1v) is 8.70. The summed E-state index contributed by atoms with van der Waals surface area (Å²) >= 11 is 5.87. The summed E-state index contributed by atoms with van der Waals surface area (Å²) in [4.78, 5) is 16.5. The smallest absolute Gasteiger partial charge is 0.270 e. The minimum atomic E-state index is -0.245. The molecular weight excluding hydrogens is 366 g/mol. The number of anilines is 2. The molecule has 2 aromatic carbocycles. The quantitative estimate of drug-likeness (QED) is 0.695. The predicted octanol–water partition coefficient (Wildman–Crippen LogP) is 4.14. The van der Waals surface area contributed by atoms with Crippen LogP contribution in [0, 0.1) is 0 Å². The van der Waals surface area contributed by atoms with Gasteiger partial charge in [0.25, 0.3) is 5.91 Å². The second-order valence-electron chi connectivity index (χ2n) is 5.93. The van der Waals surface area contributed by atoms with Crippen molar-refractivity contribution >= 4 is 28.9 Å². The van der Waals surface area contributed by atoms with Crippen LogP contribution >= 0.6 is 11.6 Å². The molecule has 1 aliphatic rings. The highest BCUT2D eigenvalue weighted by atomic mass is 35.5. The van der Waals surface area contributed by atoms with E-state index in [1.54, 1.807) is 30.5 Å². The fourth-order valence-electron chi connectivity index (χ4n) is 2.63. The molecule has 0 atom stereocenters. The second-order valence-corrected chi connectivity index (χ2v) is 6.37. The fourth-order valence-corrected chi connectivity index (χ4v) is 2.75. The van der Waals surface area contributed by atoms with Crippen LogP contribution in [-0.4, -0.2) is 17.7 Å². The third-order valence-electron chi connectivity index (χ3n) is 4.02. The first kappa shape index (κ1) is 17.2. The van der Waals surface area contributed by atoms with Gasteiger partial charge in [0.15, 0.2) is 11.5 Å². The number of pyridine rings is 1. The van der Waals surface area contributed by atoms with Gasteiger partial charge in [0, 0.05) is 17.3 Å². The van der Waals surface area contributed by atoms with E-state index in [9.17, 15) is 4.79 Å². The first-order valence-electron chi connectivity index (χ1n) is 8.33. The zero-order valence-electron chi connectivity index (χ0n) is 14.2. The van der Waals surface area contributed by atoms with Gasteiger partial charge in [-0.05, 0) is 54.1 Å². The molecule has 136 valence electrons. The van der Waals surface area contributed by atoms with E-state index < -0.39 is 0 Å². The third kappa shape index (κ3) is 4.12. The zero-order valence-corrected chi connectivity index (χ0v) is 15.0. The lowest BCUT2D eigenvalue weighted by molar-refractivity contribution is 0.0946. The normalized spacial score (nSPS) is 11.9. The molecule has 0 bridgehead atoms. The summed E-state index contributed by atoms with van der Waals surface area (Å²) in [5.41, 5.74) is 2.94. The molecule has 0 saturated heterocycles. The van der Waals surface area contributed by atoms with E-state index in [1.165, 1.54) is 0 Å². The average molecular weight is 382 g/mol. The Hall–Kier alpha value is -3.25. The summed E-state index contributed by atoms with van der Waals surface area (Å²) in [6.45, 7) is 0.605. The average Bonchev–Trinajstić information content (AvgIpc) is 3.16. The van der Waals surface area contributed by atoms with Crippen LogP contribution in [0.4, 0.5) is 11.4 Å². The number of amides is 1. The summed E-state index contributed by atoms with van der Waals surface area (Å²) in [5.74, 6) is 1.17. The van der Waals surface area contributed by atoms with Gasteiger partial charge in [0.1, 0.15) is 5.69 Å². The standard InChI is InChI=1S/C20H16ClN3O3/c21-14-2-4-15(5-3-14)24-16-6-7-17(22-11-16)20(25)23-10-13-1-8-18-19(9-13)27-12-26-18/h1-9,11,24H,10,12H2,(H,23,25). The molecule has 0 saturated carbocycles. The van der Waals surface area contributed by atoms with Crippen LogP contribution in [0.1, 0.15) is 16.1 Å². The SMILES string of the molecule is O=C(NCc1ccc2c(c1)OCO2)c1ccc(Nc2ccc(Cl)cc2)cn1. The summed E-state index contributed by atoms with van der Waals surface area (Å²) in [6.07, 6.45) is 1.62. The highest BCUT2D eigenvalue weighted by Gasteiger charge is 2.14. The fraction of sp³-hybridized carbons (Fsp3) is 0.100. The van der Waals surface area contributed by atoms with Crippen molar-refractivity contribution in [2.45, 2.75) is 6.54 Å². The summed E-state index contributed by atoms with van der Waals surface area (Å²) in [6, 6.07) is 16.4. The highest BCUT2D eigenvalue weighted by molar-refractivity contribution is 6.30. The first-order chi connectivity index (χ1) is 13.2. The maximum absolute atomic E-state index is 12.3. The number of rotatable bonds is 5. The predicted molar refractivity (Wildman–Crippen MR) is 103 cm³/mol. The van der Waals surface area contributed by atoms with Gasteiger partial charge >= 0.3 is 0 Å². The lowest BCUT2D eigenvalue weighted by Crippen LogP contribution is -2.23. The maximum Gasteiger partial charge on any atom is 0.270 e. The lowest BCUT2D eigenvalue weighted by atomic mass is 10.2.